The molecule has 1 aromatic carbocycles. The van der Waals surface area contributed by atoms with Crippen molar-refractivity contribution in [2.75, 3.05) is 24.5 Å². The second kappa shape index (κ2) is 5.34. The number of benzene rings is 1. The van der Waals surface area contributed by atoms with E-state index >= 15 is 0 Å². The lowest BCUT2D eigenvalue weighted by Gasteiger charge is -2.31. The van der Waals surface area contributed by atoms with Crippen LogP contribution in [0.2, 0.25) is 5.02 Å². The van der Waals surface area contributed by atoms with Crippen molar-refractivity contribution in [3.8, 4) is 0 Å². The first-order valence-corrected chi connectivity index (χ1v) is 7.87. The Morgan fingerprint density at radius 2 is 1.95 bits per heavy atom. The summed E-state index contributed by atoms with van der Waals surface area (Å²) in [7, 11) is 0. The first-order valence-electron chi connectivity index (χ1n) is 7.49. The van der Waals surface area contributed by atoms with Crippen molar-refractivity contribution >= 4 is 17.3 Å². The predicted octanol–water partition coefficient (Wildman–Crippen LogP) is 3.93. The van der Waals surface area contributed by atoms with Gasteiger partial charge in [0, 0.05) is 18.6 Å². The fourth-order valence-electron chi connectivity index (χ4n) is 3.38. The number of anilines is 1. The van der Waals surface area contributed by atoms with Crippen LogP contribution in [-0.4, -0.2) is 19.6 Å². The van der Waals surface area contributed by atoms with E-state index in [9.17, 15) is 0 Å². The fraction of sp³-hybridized carbons (Fsp3) is 0.625. The summed E-state index contributed by atoms with van der Waals surface area (Å²) >= 11 is 6.53. The highest BCUT2D eigenvalue weighted by Gasteiger charge is 2.30. The van der Waals surface area contributed by atoms with E-state index < -0.39 is 0 Å². The van der Waals surface area contributed by atoms with Crippen LogP contribution in [0.15, 0.2) is 18.2 Å². The zero-order chi connectivity index (χ0) is 13.3. The molecule has 2 heterocycles. The molecule has 0 amide bonds. The van der Waals surface area contributed by atoms with Crippen LogP contribution in [0, 0.1) is 0 Å². The molecule has 0 aromatic heterocycles. The summed E-state index contributed by atoms with van der Waals surface area (Å²) in [6, 6.07) is 6.65. The van der Waals surface area contributed by atoms with Crippen molar-refractivity contribution in [2.24, 2.45) is 0 Å². The van der Waals surface area contributed by atoms with Crippen LogP contribution in [0.25, 0.3) is 0 Å². The van der Waals surface area contributed by atoms with Gasteiger partial charge in [0.15, 0.2) is 0 Å². The van der Waals surface area contributed by atoms with Gasteiger partial charge in [0.2, 0.25) is 0 Å². The Bertz CT molecular complexity index is 446. The van der Waals surface area contributed by atoms with Gasteiger partial charge in [-0.05, 0) is 63.3 Å². The van der Waals surface area contributed by atoms with Gasteiger partial charge in [-0.15, -0.1) is 0 Å². The quantitative estimate of drug-likeness (QED) is 0.882. The van der Waals surface area contributed by atoms with Crippen molar-refractivity contribution in [3.63, 3.8) is 0 Å². The highest BCUT2D eigenvalue weighted by molar-refractivity contribution is 6.33. The first kappa shape index (κ1) is 13.3. The van der Waals surface area contributed by atoms with E-state index in [4.69, 9.17) is 11.6 Å². The van der Waals surface area contributed by atoms with Crippen molar-refractivity contribution in [1.82, 2.24) is 5.32 Å². The normalized spacial score (nSPS) is 27.8. The summed E-state index contributed by atoms with van der Waals surface area (Å²) in [5.74, 6) is 0. The smallest absolute Gasteiger partial charge is 0.0643 e. The number of hydrogen-bond donors (Lipinski definition) is 1. The van der Waals surface area contributed by atoms with Crippen LogP contribution in [-0.2, 0) is 5.54 Å². The van der Waals surface area contributed by atoms with Crippen LogP contribution in [0.1, 0.15) is 44.6 Å². The molecule has 3 heteroatoms. The minimum Gasteiger partial charge on any atom is -0.370 e. The van der Waals surface area contributed by atoms with Gasteiger partial charge in [-0.25, -0.2) is 0 Å². The summed E-state index contributed by atoms with van der Waals surface area (Å²) in [5.41, 5.74) is 2.66. The number of piperidine rings is 1. The largest absolute Gasteiger partial charge is 0.370 e. The molecular formula is C16H23ClN2. The molecule has 2 aliphatic rings. The molecule has 104 valence electrons. The van der Waals surface area contributed by atoms with Crippen LogP contribution >= 0.6 is 11.6 Å². The standard InChI is InChI=1S/C16H23ClN2/c1-16(8-5-9-18-16)13-6-7-15(14(17)12-13)19-10-3-2-4-11-19/h6-7,12,18H,2-5,8-11H2,1H3. The Morgan fingerprint density at radius 1 is 1.16 bits per heavy atom. The summed E-state index contributed by atoms with van der Waals surface area (Å²) in [5, 5.41) is 4.51. The molecule has 19 heavy (non-hydrogen) atoms. The van der Waals surface area contributed by atoms with Crippen LogP contribution in [0.5, 0.6) is 0 Å². The Kier molecular flexibility index (Phi) is 3.72. The Hall–Kier alpha value is -0.730. The lowest BCUT2D eigenvalue weighted by Crippen LogP contribution is -2.33. The summed E-state index contributed by atoms with van der Waals surface area (Å²) in [6.07, 6.45) is 6.39. The molecule has 0 radical (unpaired) electrons. The molecular weight excluding hydrogens is 256 g/mol. The van der Waals surface area contributed by atoms with Crippen LogP contribution < -0.4 is 10.2 Å². The Balaban J connectivity index is 1.85. The molecule has 1 atom stereocenters. The molecule has 1 N–H and O–H groups in total. The average Bonchev–Trinajstić information content (AvgIpc) is 2.88. The van der Waals surface area contributed by atoms with E-state index in [0.717, 1.165) is 24.7 Å². The molecule has 0 spiro atoms. The third-order valence-corrected chi connectivity index (χ3v) is 4.95. The average molecular weight is 279 g/mol. The Labute approximate surface area is 121 Å². The van der Waals surface area contributed by atoms with Gasteiger partial charge in [-0.1, -0.05) is 17.7 Å². The highest BCUT2D eigenvalue weighted by atomic mass is 35.5. The molecule has 1 unspecified atom stereocenters. The van der Waals surface area contributed by atoms with Crippen LogP contribution in [0.3, 0.4) is 0 Å². The topological polar surface area (TPSA) is 15.3 Å². The number of nitrogens with one attached hydrogen (secondary N) is 1. The van der Waals surface area contributed by atoms with Gasteiger partial charge in [-0.3, -0.25) is 0 Å². The van der Waals surface area contributed by atoms with E-state index in [0.29, 0.717) is 0 Å². The molecule has 2 nitrogen and oxygen atoms in total. The third kappa shape index (κ3) is 2.61. The zero-order valence-corrected chi connectivity index (χ0v) is 12.5. The molecule has 2 fully saturated rings. The van der Waals surface area contributed by atoms with Gasteiger partial charge in [-0.2, -0.15) is 0 Å². The molecule has 1 aromatic rings. The summed E-state index contributed by atoms with van der Waals surface area (Å²) < 4.78 is 0. The SMILES string of the molecule is CC1(c2ccc(N3CCCCC3)c(Cl)c2)CCCN1. The molecule has 0 aliphatic carbocycles. The zero-order valence-electron chi connectivity index (χ0n) is 11.7. The maximum Gasteiger partial charge on any atom is 0.0643 e. The second-order valence-corrected chi connectivity index (χ2v) is 6.48. The van der Waals surface area contributed by atoms with E-state index in [1.54, 1.807) is 0 Å². The maximum atomic E-state index is 6.53. The maximum absolute atomic E-state index is 6.53. The highest BCUT2D eigenvalue weighted by Crippen LogP contribution is 2.36. The van der Waals surface area contributed by atoms with Crippen LogP contribution in [0.4, 0.5) is 5.69 Å². The minimum absolute atomic E-state index is 0.115. The summed E-state index contributed by atoms with van der Waals surface area (Å²) in [4.78, 5) is 2.43. The monoisotopic (exact) mass is 278 g/mol. The lowest BCUT2D eigenvalue weighted by atomic mass is 9.90. The van der Waals surface area contributed by atoms with E-state index in [-0.39, 0.29) is 5.54 Å². The van der Waals surface area contributed by atoms with E-state index in [1.165, 1.54) is 43.4 Å². The number of nitrogens with zero attached hydrogens (tertiary/aromatic N) is 1. The van der Waals surface area contributed by atoms with E-state index in [1.807, 2.05) is 0 Å². The fourth-order valence-corrected chi connectivity index (χ4v) is 3.68. The van der Waals surface area contributed by atoms with Gasteiger partial charge in [0.1, 0.15) is 0 Å². The molecule has 0 saturated carbocycles. The number of halogens is 1. The lowest BCUT2D eigenvalue weighted by molar-refractivity contribution is 0.435. The van der Waals surface area contributed by atoms with Crippen molar-refractivity contribution < 1.29 is 0 Å². The van der Waals surface area contributed by atoms with Gasteiger partial charge in [0.05, 0.1) is 10.7 Å². The number of hydrogen-bond acceptors (Lipinski definition) is 2. The van der Waals surface area contributed by atoms with Gasteiger partial charge in [0.25, 0.3) is 0 Å². The second-order valence-electron chi connectivity index (χ2n) is 6.08. The minimum atomic E-state index is 0.115. The van der Waals surface area contributed by atoms with Crippen molar-refractivity contribution in [2.45, 2.75) is 44.6 Å². The third-order valence-electron chi connectivity index (χ3n) is 4.65. The van der Waals surface area contributed by atoms with Gasteiger partial charge >= 0.3 is 0 Å². The van der Waals surface area contributed by atoms with Crippen molar-refractivity contribution in [1.29, 1.82) is 0 Å². The van der Waals surface area contributed by atoms with Gasteiger partial charge < -0.3 is 10.2 Å². The molecule has 0 bridgehead atoms. The molecule has 2 saturated heterocycles. The Morgan fingerprint density at radius 3 is 2.58 bits per heavy atom. The van der Waals surface area contributed by atoms with E-state index in [2.05, 4.69) is 35.3 Å². The molecule has 3 rings (SSSR count). The number of rotatable bonds is 2. The first-order chi connectivity index (χ1) is 9.19. The molecule has 2 aliphatic heterocycles. The summed E-state index contributed by atoms with van der Waals surface area (Å²) in [6.45, 7) is 5.69. The predicted molar refractivity (Wildman–Crippen MR) is 82.1 cm³/mol. The van der Waals surface area contributed by atoms with Crippen molar-refractivity contribution in [3.05, 3.63) is 28.8 Å².